The van der Waals surface area contributed by atoms with Gasteiger partial charge in [0.25, 0.3) is 11.5 Å². The molecule has 3 rings (SSSR count). The Kier molecular flexibility index (Phi) is 5.92. The molecule has 1 aliphatic heterocycles. The first-order valence-electron chi connectivity index (χ1n) is 9.33. The van der Waals surface area contributed by atoms with E-state index in [1.54, 1.807) is 39.4 Å². The summed E-state index contributed by atoms with van der Waals surface area (Å²) in [6.07, 6.45) is 3.42. The molecule has 29 heavy (non-hydrogen) atoms. The molecule has 0 spiro atoms. The van der Waals surface area contributed by atoms with Crippen LogP contribution in [0.5, 0.6) is 0 Å². The Bertz CT molecular complexity index is 980. The summed E-state index contributed by atoms with van der Waals surface area (Å²) >= 11 is 0. The zero-order valence-corrected chi connectivity index (χ0v) is 16.8. The van der Waals surface area contributed by atoms with Gasteiger partial charge in [-0.05, 0) is 25.5 Å². The summed E-state index contributed by atoms with van der Waals surface area (Å²) in [5.74, 6) is -0.334. The highest BCUT2D eigenvalue weighted by Gasteiger charge is 2.23. The normalized spacial score (nSPS) is 14.7. The van der Waals surface area contributed by atoms with Crippen molar-refractivity contribution in [2.45, 2.75) is 13.8 Å². The summed E-state index contributed by atoms with van der Waals surface area (Å²) in [6, 6.07) is 1.77. The lowest BCUT2D eigenvalue weighted by molar-refractivity contribution is -0.117. The minimum Gasteiger partial charge on any atom is -0.365 e. The average molecular weight is 399 g/mol. The van der Waals surface area contributed by atoms with Crippen LogP contribution < -0.4 is 21.5 Å². The number of pyridine rings is 1. The number of nitrogens with zero attached hydrogens (tertiary/aromatic N) is 5. The van der Waals surface area contributed by atoms with E-state index in [1.807, 2.05) is 4.90 Å². The van der Waals surface area contributed by atoms with E-state index in [9.17, 15) is 14.4 Å². The fourth-order valence-electron chi connectivity index (χ4n) is 3.46. The smallest absolute Gasteiger partial charge is 0.263 e. The lowest BCUT2D eigenvalue weighted by Gasteiger charge is -2.34. The molecule has 0 aliphatic carbocycles. The van der Waals surface area contributed by atoms with Crippen LogP contribution >= 0.6 is 0 Å². The largest absolute Gasteiger partial charge is 0.365 e. The maximum Gasteiger partial charge on any atom is 0.263 e. The summed E-state index contributed by atoms with van der Waals surface area (Å²) in [5.41, 5.74) is 6.18. The number of nitrogens with two attached hydrogens (primary N) is 1. The number of nitrogens with one attached hydrogen (secondary N) is 1. The van der Waals surface area contributed by atoms with E-state index in [-0.39, 0.29) is 18.0 Å². The Hall–Kier alpha value is -3.27. The molecule has 3 N–H and O–H groups in total. The zero-order valence-electron chi connectivity index (χ0n) is 16.8. The van der Waals surface area contributed by atoms with Gasteiger partial charge in [-0.1, -0.05) is 0 Å². The van der Waals surface area contributed by atoms with Crippen LogP contribution in [0.25, 0.3) is 0 Å². The Labute approximate surface area is 168 Å². The predicted molar refractivity (Wildman–Crippen MR) is 109 cm³/mol. The van der Waals surface area contributed by atoms with Crippen molar-refractivity contribution in [1.29, 1.82) is 0 Å². The first kappa shape index (κ1) is 20.5. The number of primary amides is 1. The third-order valence-electron chi connectivity index (χ3n) is 5.22. The van der Waals surface area contributed by atoms with Crippen molar-refractivity contribution in [3.05, 3.63) is 45.6 Å². The molecule has 0 unspecified atom stereocenters. The third kappa shape index (κ3) is 4.27. The van der Waals surface area contributed by atoms with Crippen LogP contribution in [0.1, 0.15) is 21.6 Å². The molecule has 10 nitrogen and oxygen atoms in total. The molecule has 0 bridgehead atoms. The van der Waals surface area contributed by atoms with Gasteiger partial charge in [-0.2, -0.15) is 0 Å². The van der Waals surface area contributed by atoms with Gasteiger partial charge in [0.1, 0.15) is 5.56 Å². The van der Waals surface area contributed by atoms with Crippen molar-refractivity contribution in [3.8, 4) is 0 Å². The number of carbonyl (C=O) groups is 2. The van der Waals surface area contributed by atoms with Crippen molar-refractivity contribution >= 4 is 23.5 Å². The first-order valence-corrected chi connectivity index (χ1v) is 9.33. The van der Waals surface area contributed by atoms with E-state index in [1.165, 1.54) is 4.57 Å². The molecular formula is C19H25N7O3. The van der Waals surface area contributed by atoms with E-state index in [0.717, 1.165) is 13.1 Å². The molecule has 1 fully saturated rings. The van der Waals surface area contributed by atoms with Crippen molar-refractivity contribution in [2.75, 3.05) is 42.9 Å². The van der Waals surface area contributed by atoms with Crippen LogP contribution in [0.2, 0.25) is 0 Å². The van der Waals surface area contributed by atoms with Crippen LogP contribution in [0.15, 0.2) is 23.3 Å². The standard InChI is InChI=1S/C19H25N7O3/c1-12-15(17(20)28)18(29)24(3)13(2)16(12)23-14(27)11-25-7-9-26(10-8-25)19-21-5-4-6-22-19/h4-6H,7-11H2,1-3H3,(H2,20,28)(H,23,27). The molecule has 2 aromatic heterocycles. The Morgan fingerprint density at radius 3 is 2.34 bits per heavy atom. The minimum absolute atomic E-state index is 0.107. The van der Waals surface area contributed by atoms with Gasteiger partial charge in [-0.15, -0.1) is 0 Å². The Morgan fingerprint density at radius 2 is 1.76 bits per heavy atom. The van der Waals surface area contributed by atoms with E-state index in [4.69, 9.17) is 5.73 Å². The van der Waals surface area contributed by atoms with Gasteiger partial charge >= 0.3 is 0 Å². The number of aromatic nitrogens is 3. The second kappa shape index (κ2) is 8.39. The lowest BCUT2D eigenvalue weighted by Crippen LogP contribution is -2.49. The number of carbonyl (C=O) groups excluding carboxylic acids is 2. The Morgan fingerprint density at radius 1 is 1.14 bits per heavy atom. The van der Waals surface area contributed by atoms with E-state index in [0.29, 0.717) is 36.0 Å². The maximum absolute atomic E-state index is 12.6. The second-order valence-corrected chi connectivity index (χ2v) is 7.05. The topological polar surface area (TPSA) is 126 Å². The van der Waals surface area contributed by atoms with Crippen LogP contribution in [0.4, 0.5) is 11.6 Å². The molecule has 2 aromatic rings. The van der Waals surface area contributed by atoms with Crippen LogP contribution in [-0.2, 0) is 11.8 Å². The molecule has 3 heterocycles. The molecule has 0 aromatic carbocycles. The van der Waals surface area contributed by atoms with E-state index in [2.05, 4.69) is 20.2 Å². The zero-order chi connectivity index (χ0) is 21.1. The summed E-state index contributed by atoms with van der Waals surface area (Å²) in [5, 5.41) is 2.85. The van der Waals surface area contributed by atoms with Gasteiger partial charge in [0.05, 0.1) is 12.2 Å². The van der Waals surface area contributed by atoms with E-state index >= 15 is 0 Å². The molecule has 10 heteroatoms. The average Bonchev–Trinajstić information content (AvgIpc) is 2.71. The fraction of sp³-hybridized carbons (Fsp3) is 0.421. The lowest BCUT2D eigenvalue weighted by atomic mass is 10.1. The van der Waals surface area contributed by atoms with Gasteiger partial charge < -0.3 is 20.5 Å². The quantitative estimate of drug-likeness (QED) is 0.704. The SMILES string of the molecule is Cc1c(NC(=O)CN2CCN(c3ncccn3)CC2)c(C)n(C)c(=O)c1C(N)=O. The van der Waals surface area contributed by atoms with Crippen molar-refractivity contribution in [3.63, 3.8) is 0 Å². The first-order chi connectivity index (χ1) is 13.8. The number of hydrogen-bond donors (Lipinski definition) is 2. The highest BCUT2D eigenvalue weighted by molar-refractivity contribution is 5.99. The maximum atomic E-state index is 12.6. The molecule has 0 radical (unpaired) electrons. The van der Waals surface area contributed by atoms with Gasteiger partial charge in [0.15, 0.2) is 0 Å². The Balaban J connectivity index is 1.66. The van der Waals surface area contributed by atoms with Gasteiger partial charge in [-0.3, -0.25) is 19.3 Å². The summed E-state index contributed by atoms with van der Waals surface area (Å²) in [4.78, 5) is 49.2. The fourth-order valence-corrected chi connectivity index (χ4v) is 3.46. The van der Waals surface area contributed by atoms with Crippen LogP contribution in [0, 0.1) is 13.8 Å². The van der Waals surface area contributed by atoms with Crippen molar-refractivity contribution in [1.82, 2.24) is 19.4 Å². The molecule has 0 atom stereocenters. The summed E-state index contributed by atoms with van der Waals surface area (Å²) < 4.78 is 1.32. The van der Waals surface area contributed by atoms with E-state index < -0.39 is 11.5 Å². The molecular weight excluding hydrogens is 374 g/mol. The summed E-state index contributed by atoms with van der Waals surface area (Å²) in [7, 11) is 1.55. The van der Waals surface area contributed by atoms with Crippen molar-refractivity contribution in [2.24, 2.45) is 12.8 Å². The molecule has 1 saturated heterocycles. The molecule has 1 aliphatic rings. The minimum atomic E-state index is -0.808. The van der Waals surface area contributed by atoms with Gasteiger partial charge in [0, 0.05) is 51.3 Å². The molecule has 2 amide bonds. The molecule has 0 saturated carbocycles. The predicted octanol–water partition coefficient (Wildman–Crippen LogP) is -0.348. The third-order valence-corrected chi connectivity index (χ3v) is 5.22. The number of rotatable bonds is 5. The van der Waals surface area contributed by atoms with Crippen LogP contribution in [-0.4, -0.2) is 64.0 Å². The molecule has 154 valence electrons. The van der Waals surface area contributed by atoms with Crippen molar-refractivity contribution < 1.29 is 9.59 Å². The van der Waals surface area contributed by atoms with Gasteiger partial charge in [-0.25, -0.2) is 9.97 Å². The van der Waals surface area contributed by atoms with Gasteiger partial charge in [0.2, 0.25) is 11.9 Å². The highest BCUT2D eigenvalue weighted by atomic mass is 16.2. The number of anilines is 2. The van der Waals surface area contributed by atoms with Crippen LogP contribution in [0.3, 0.4) is 0 Å². The summed E-state index contributed by atoms with van der Waals surface area (Å²) in [6.45, 7) is 6.38. The monoisotopic (exact) mass is 399 g/mol. The number of hydrogen-bond acceptors (Lipinski definition) is 7. The number of piperazine rings is 1. The second-order valence-electron chi connectivity index (χ2n) is 7.05. The number of amides is 2. The highest BCUT2D eigenvalue weighted by Crippen LogP contribution is 2.21.